The van der Waals surface area contributed by atoms with E-state index in [0.717, 1.165) is 18.6 Å². The number of benzene rings is 2. The van der Waals surface area contributed by atoms with Gasteiger partial charge in [-0.1, -0.05) is 18.9 Å². The molecule has 3 rings (SSSR count). The van der Waals surface area contributed by atoms with Crippen molar-refractivity contribution in [1.82, 2.24) is 10.6 Å². The van der Waals surface area contributed by atoms with Crippen molar-refractivity contribution in [3.05, 3.63) is 48.5 Å². The number of hydrogen-bond donors (Lipinski definition) is 4. The average Bonchev–Trinajstić information content (AvgIpc) is 3.39. The molecule has 0 bridgehead atoms. The third-order valence-electron chi connectivity index (χ3n) is 5.57. The van der Waals surface area contributed by atoms with Gasteiger partial charge < -0.3 is 40.0 Å². The molecule has 1 atom stereocenters. The minimum atomic E-state index is -0.677. The maximum absolute atomic E-state index is 11.9. The summed E-state index contributed by atoms with van der Waals surface area (Å²) in [6, 6.07) is 14.1. The van der Waals surface area contributed by atoms with Crippen LogP contribution in [0.5, 0.6) is 17.2 Å². The van der Waals surface area contributed by atoms with Gasteiger partial charge in [-0.2, -0.15) is 0 Å². The molecule has 1 fully saturated rings. The van der Waals surface area contributed by atoms with Crippen LogP contribution in [0, 0.1) is 0 Å². The lowest BCUT2D eigenvalue weighted by atomic mass is 10.3. The second-order valence-corrected chi connectivity index (χ2v) is 8.38. The molecular formula is C26H37N3O6. The zero-order chi connectivity index (χ0) is 24.7. The number of urea groups is 1. The Bertz CT molecular complexity index is 874. The fraction of sp³-hybridized carbons (Fsp3) is 0.500. The molecule has 1 unspecified atom stereocenters. The molecule has 0 spiro atoms. The molecule has 1 aliphatic carbocycles. The van der Waals surface area contributed by atoms with Gasteiger partial charge in [0.15, 0.2) is 0 Å². The standard InChI is InChI=1S/C26H37N3O6/c1-32-25-8-4-5-20(17-25)29-26(31)28-14-13-27-18-21(30)19-35-24-11-9-23(10-12-24)34-16-15-33-22-6-2-3-7-22/h4-5,8-12,17,21-22,27,30H,2-3,6-7,13-16,18-19H2,1H3,(H2,28,29,31). The lowest BCUT2D eigenvalue weighted by Gasteiger charge is -2.14. The van der Waals surface area contributed by atoms with E-state index >= 15 is 0 Å². The van der Waals surface area contributed by atoms with Gasteiger partial charge in [0.2, 0.25) is 0 Å². The van der Waals surface area contributed by atoms with Crippen molar-refractivity contribution in [2.24, 2.45) is 0 Å². The van der Waals surface area contributed by atoms with E-state index in [4.69, 9.17) is 18.9 Å². The van der Waals surface area contributed by atoms with Gasteiger partial charge in [0.25, 0.3) is 0 Å². The Morgan fingerprint density at radius 3 is 2.49 bits per heavy atom. The number of aliphatic hydroxyl groups is 1. The van der Waals surface area contributed by atoms with E-state index in [9.17, 15) is 9.90 Å². The molecule has 0 heterocycles. The third kappa shape index (κ3) is 10.4. The van der Waals surface area contributed by atoms with E-state index < -0.39 is 6.10 Å². The highest BCUT2D eigenvalue weighted by molar-refractivity contribution is 5.89. The van der Waals surface area contributed by atoms with Crippen LogP contribution >= 0.6 is 0 Å². The monoisotopic (exact) mass is 487 g/mol. The van der Waals surface area contributed by atoms with Gasteiger partial charge in [-0.25, -0.2) is 4.79 Å². The minimum Gasteiger partial charge on any atom is -0.497 e. The Hall–Kier alpha value is -3.01. The molecule has 9 nitrogen and oxygen atoms in total. The number of carbonyl (C=O) groups excluding carboxylic acids is 1. The summed E-state index contributed by atoms with van der Waals surface area (Å²) in [5, 5.41) is 18.7. The van der Waals surface area contributed by atoms with E-state index in [1.807, 2.05) is 24.3 Å². The highest BCUT2D eigenvalue weighted by atomic mass is 16.5. The highest BCUT2D eigenvalue weighted by Crippen LogP contribution is 2.21. The normalized spacial score (nSPS) is 14.3. The van der Waals surface area contributed by atoms with Crippen LogP contribution in [-0.2, 0) is 4.74 Å². The maximum atomic E-state index is 11.9. The smallest absolute Gasteiger partial charge is 0.319 e. The van der Waals surface area contributed by atoms with Crippen molar-refractivity contribution in [3.63, 3.8) is 0 Å². The summed E-state index contributed by atoms with van der Waals surface area (Å²) in [7, 11) is 1.57. The van der Waals surface area contributed by atoms with Gasteiger partial charge in [0.05, 0.1) is 19.8 Å². The van der Waals surface area contributed by atoms with Crippen LogP contribution in [0.1, 0.15) is 25.7 Å². The molecule has 1 aliphatic rings. The van der Waals surface area contributed by atoms with Crippen LogP contribution < -0.4 is 30.2 Å². The molecule has 0 saturated heterocycles. The number of rotatable bonds is 15. The van der Waals surface area contributed by atoms with Gasteiger partial charge >= 0.3 is 6.03 Å². The number of ether oxygens (including phenoxy) is 4. The van der Waals surface area contributed by atoms with Gasteiger partial charge in [-0.05, 0) is 49.2 Å². The summed E-state index contributed by atoms with van der Waals surface area (Å²) in [6.07, 6.45) is 4.57. The molecule has 9 heteroatoms. The first-order valence-electron chi connectivity index (χ1n) is 12.2. The van der Waals surface area contributed by atoms with Gasteiger partial charge in [0, 0.05) is 31.4 Å². The third-order valence-corrected chi connectivity index (χ3v) is 5.57. The summed E-state index contributed by atoms with van der Waals surface area (Å²) in [6.45, 7) is 2.56. The molecule has 2 aromatic carbocycles. The van der Waals surface area contributed by atoms with Crippen molar-refractivity contribution in [2.75, 3.05) is 51.9 Å². The van der Waals surface area contributed by atoms with E-state index in [-0.39, 0.29) is 12.6 Å². The zero-order valence-electron chi connectivity index (χ0n) is 20.3. The highest BCUT2D eigenvalue weighted by Gasteiger charge is 2.14. The predicted molar refractivity (Wildman–Crippen MR) is 135 cm³/mol. The molecule has 4 N–H and O–H groups in total. The SMILES string of the molecule is COc1cccc(NC(=O)NCCNCC(O)COc2ccc(OCCOC3CCCC3)cc2)c1. The van der Waals surface area contributed by atoms with Crippen molar-refractivity contribution in [1.29, 1.82) is 0 Å². The summed E-state index contributed by atoms with van der Waals surface area (Å²) in [5.41, 5.74) is 0.648. The number of hydrogen-bond acceptors (Lipinski definition) is 7. The topological polar surface area (TPSA) is 110 Å². The van der Waals surface area contributed by atoms with Crippen LogP contribution in [0.3, 0.4) is 0 Å². The fourth-order valence-electron chi connectivity index (χ4n) is 3.72. The number of amides is 2. The first kappa shape index (κ1) is 26.6. The van der Waals surface area contributed by atoms with E-state index in [0.29, 0.717) is 56.1 Å². The quantitative estimate of drug-likeness (QED) is 0.286. The number of anilines is 1. The van der Waals surface area contributed by atoms with Crippen molar-refractivity contribution >= 4 is 11.7 Å². The van der Waals surface area contributed by atoms with Crippen molar-refractivity contribution < 1.29 is 28.8 Å². The Kier molecular flexibility index (Phi) is 11.5. The van der Waals surface area contributed by atoms with Crippen LogP contribution in [0.4, 0.5) is 10.5 Å². The number of aliphatic hydroxyl groups excluding tert-OH is 1. The minimum absolute atomic E-state index is 0.159. The van der Waals surface area contributed by atoms with Crippen molar-refractivity contribution in [2.45, 2.75) is 37.9 Å². The number of carbonyl (C=O) groups is 1. The Morgan fingerprint density at radius 1 is 1.00 bits per heavy atom. The van der Waals surface area contributed by atoms with E-state index in [1.54, 1.807) is 31.4 Å². The molecule has 2 aromatic rings. The molecule has 0 aliphatic heterocycles. The van der Waals surface area contributed by atoms with Gasteiger partial charge in [-0.3, -0.25) is 0 Å². The second-order valence-electron chi connectivity index (χ2n) is 8.38. The number of nitrogens with one attached hydrogen (secondary N) is 3. The van der Waals surface area contributed by atoms with Crippen LogP contribution in [0.15, 0.2) is 48.5 Å². The van der Waals surface area contributed by atoms with E-state index in [2.05, 4.69) is 16.0 Å². The molecule has 35 heavy (non-hydrogen) atoms. The largest absolute Gasteiger partial charge is 0.497 e. The van der Waals surface area contributed by atoms with Crippen LogP contribution in [0.25, 0.3) is 0 Å². The molecule has 192 valence electrons. The van der Waals surface area contributed by atoms with Crippen molar-refractivity contribution in [3.8, 4) is 17.2 Å². The second kappa shape index (κ2) is 15.1. The first-order chi connectivity index (χ1) is 17.1. The van der Waals surface area contributed by atoms with Crippen LogP contribution in [-0.4, -0.2) is 69.9 Å². The summed E-state index contributed by atoms with van der Waals surface area (Å²) < 4.78 is 22.3. The Labute approximate surface area is 207 Å². The zero-order valence-corrected chi connectivity index (χ0v) is 20.3. The molecule has 1 saturated carbocycles. The lowest BCUT2D eigenvalue weighted by Crippen LogP contribution is -2.38. The fourth-order valence-corrected chi connectivity index (χ4v) is 3.72. The molecule has 0 aromatic heterocycles. The van der Waals surface area contributed by atoms with Gasteiger partial charge in [0.1, 0.15) is 36.6 Å². The van der Waals surface area contributed by atoms with Gasteiger partial charge in [-0.15, -0.1) is 0 Å². The molecular weight excluding hydrogens is 450 g/mol. The average molecular weight is 488 g/mol. The van der Waals surface area contributed by atoms with Crippen LogP contribution in [0.2, 0.25) is 0 Å². The van der Waals surface area contributed by atoms with E-state index in [1.165, 1.54) is 12.8 Å². The summed E-state index contributed by atoms with van der Waals surface area (Å²) >= 11 is 0. The lowest BCUT2D eigenvalue weighted by molar-refractivity contribution is 0.0382. The summed E-state index contributed by atoms with van der Waals surface area (Å²) in [4.78, 5) is 11.9. The maximum Gasteiger partial charge on any atom is 0.319 e. The first-order valence-corrected chi connectivity index (χ1v) is 12.2. The number of methoxy groups -OCH3 is 1. The Morgan fingerprint density at radius 2 is 1.74 bits per heavy atom. The molecule has 0 radical (unpaired) electrons. The summed E-state index contributed by atoms with van der Waals surface area (Å²) in [5.74, 6) is 2.09. The Balaban J connectivity index is 1.20. The molecule has 2 amide bonds. The predicted octanol–water partition coefficient (Wildman–Crippen LogP) is 3.18.